The van der Waals surface area contributed by atoms with Crippen LogP contribution in [0.25, 0.3) is 0 Å². The van der Waals surface area contributed by atoms with Crippen molar-refractivity contribution in [3.05, 3.63) is 58.4 Å². The number of rotatable bonds is 6. The minimum Gasteiger partial charge on any atom is -0.496 e. The van der Waals surface area contributed by atoms with E-state index in [1.165, 1.54) is 12.1 Å². The Morgan fingerprint density at radius 1 is 1.19 bits per heavy atom. The molecule has 0 spiro atoms. The topological polar surface area (TPSA) is 44.5 Å². The van der Waals surface area contributed by atoms with Crippen LogP contribution in [-0.2, 0) is 13.0 Å². The van der Waals surface area contributed by atoms with E-state index in [4.69, 9.17) is 26.8 Å². The molecule has 0 saturated carbocycles. The van der Waals surface area contributed by atoms with Gasteiger partial charge in [0.1, 0.15) is 23.9 Å². The molecular weight excluding hydrogens is 293 g/mol. The van der Waals surface area contributed by atoms with Crippen molar-refractivity contribution in [2.75, 3.05) is 13.7 Å². The molecule has 3 nitrogen and oxygen atoms in total. The van der Waals surface area contributed by atoms with E-state index in [2.05, 4.69) is 0 Å². The lowest BCUT2D eigenvalue weighted by molar-refractivity contribution is 0.295. The average Bonchev–Trinajstić information content (AvgIpc) is 2.45. The van der Waals surface area contributed by atoms with Gasteiger partial charge in [0.05, 0.1) is 7.11 Å². The van der Waals surface area contributed by atoms with Crippen molar-refractivity contribution in [1.82, 2.24) is 0 Å². The summed E-state index contributed by atoms with van der Waals surface area (Å²) in [6.07, 6.45) is 0.606. The third-order valence-corrected chi connectivity index (χ3v) is 3.24. The Bertz CT molecular complexity index is 619. The van der Waals surface area contributed by atoms with Crippen molar-refractivity contribution < 1.29 is 13.9 Å². The van der Waals surface area contributed by atoms with Crippen LogP contribution in [0.5, 0.6) is 11.5 Å². The van der Waals surface area contributed by atoms with Crippen molar-refractivity contribution in [1.29, 1.82) is 0 Å². The van der Waals surface area contributed by atoms with Crippen LogP contribution in [0.1, 0.15) is 11.1 Å². The van der Waals surface area contributed by atoms with Crippen molar-refractivity contribution in [3.8, 4) is 11.5 Å². The number of ether oxygens (including phenoxy) is 2. The Hall–Kier alpha value is -1.78. The highest BCUT2D eigenvalue weighted by Gasteiger charge is 2.07. The third-order valence-electron chi connectivity index (χ3n) is 3.00. The Kier molecular flexibility index (Phi) is 5.42. The fourth-order valence-corrected chi connectivity index (χ4v) is 2.23. The van der Waals surface area contributed by atoms with Gasteiger partial charge in [0.2, 0.25) is 0 Å². The Morgan fingerprint density at radius 2 is 2.00 bits per heavy atom. The number of hydrogen-bond acceptors (Lipinski definition) is 3. The fourth-order valence-electron chi connectivity index (χ4n) is 2.04. The summed E-state index contributed by atoms with van der Waals surface area (Å²) in [5.74, 6) is 0.799. The summed E-state index contributed by atoms with van der Waals surface area (Å²) in [5, 5.41) is 0.595. The van der Waals surface area contributed by atoms with Crippen LogP contribution in [-0.4, -0.2) is 13.7 Å². The molecule has 0 unspecified atom stereocenters. The van der Waals surface area contributed by atoms with Gasteiger partial charge in [-0.3, -0.25) is 0 Å². The fraction of sp³-hybridized carbons (Fsp3) is 0.250. The third kappa shape index (κ3) is 4.34. The summed E-state index contributed by atoms with van der Waals surface area (Å²) >= 11 is 5.96. The van der Waals surface area contributed by atoms with E-state index in [1.54, 1.807) is 31.4 Å². The maximum atomic E-state index is 13.5. The molecule has 0 aliphatic heterocycles. The first kappa shape index (κ1) is 15.6. The molecule has 2 aromatic rings. The number of benzene rings is 2. The molecular formula is C16H17ClFNO2. The van der Waals surface area contributed by atoms with Gasteiger partial charge in [0, 0.05) is 16.7 Å². The van der Waals surface area contributed by atoms with Crippen LogP contribution in [0.2, 0.25) is 5.02 Å². The molecule has 0 fully saturated rings. The number of methoxy groups -OCH3 is 1. The molecule has 0 bridgehead atoms. The first-order valence-corrected chi connectivity index (χ1v) is 6.95. The zero-order valence-corrected chi connectivity index (χ0v) is 12.5. The van der Waals surface area contributed by atoms with Crippen LogP contribution in [0, 0.1) is 5.82 Å². The first-order chi connectivity index (χ1) is 10.1. The van der Waals surface area contributed by atoms with Gasteiger partial charge in [0.15, 0.2) is 0 Å². The molecule has 112 valence electrons. The lowest BCUT2D eigenvalue weighted by atomic mass is 10.1. The minimum atomic E-state index is -0.339. The molecule has 0 atom stereocenters. The highest BCUT2D eigenvalue weighted by Crippen LogP contribution is 2.25. The predicted molar refractivity (Wildman–Crippen MR) is 81.5 cm³/mol. The van der Waals surface area contributed by atoms with Crippen LogP contribution >= 0.6 is 11.6 Å². The molecule has 0 aromatic heterocycles. The van der Waals surface area contributed by atoms with Gasteiger partial charge in [-0.1, -0.05) is 11.6 Å². The highest BCUT2D eigenvalue weighted by atomic mass is 35.5. The highest BCUT2D eigenvalue weighted by molar-refractivity contribution is 6.30. The van der Waals surface area contributed by atoms with Crippen LogP contribution in [0.3, 0.4) is 0 Å². The van der Waals surface area contributed by atoms with Gasteiger partial charge in [-0.05, 0) is 48.9 Å². The smallest absolute Gasteiger partial charge is 0.127 e. The van der Waals surface area contributed by atoms with Crippen LogP contribution < -0.4 is 15.2 Å². The second kappa shape index (κ2) is 7.29. The van der Waals surface area contributed by atoms with Crippen molar-refractivity contribution in [2.45, 2.75) is 13.0 Å². The number of hydrogen-bond donors (Lipinski definition) is 1. The van der Waals surface area contributed by atoms with Crippen molar-refractivity contribution in [2.24, 2.45) is 5.73 Å². The largest absolute Gasteiger partial charge is 0.496 e. The van der Waals surface area contributed by atoms with E-state index >= 15 is 0 Å². The molecule has 2 rings (SSSR count). The monoisotopic (exact) mass is 309 g/mol. The summed E-state index contributed by atoms with van der Waals surface area (Å²) in [6, 6.07) is 9.86. The quantitative estimate of drug-likeness (QED) is 0.887. The summed E-state index contributed by atoms with van der Waals surface area (Å²) in [7, 11) is 1.58. The van der Waals surface area contributed by atoms with Gasteiger partial charge in [-0.2, -0.15) is 0 Å². The van der Waals surface area contributed by atoms with Crippen LogP contribution in [0.4, 0.5) is 4.39 Å². The lowest BCUT2D eigenvalue weighted by Crippen LogP contribution is -2.04. The van der Waals surface area contributed by atoms with Crippen LogP contribution in [0.15, 0.2) is 36.4 Å². The average molecular weight is 310 g/mol. The van der Waals surface area contributed by atoms with E-state index in [0.717, 1.165) is 11.1 Å². The molecule has 0 amide bonds. The second-order valence-electron chi connectivity index (χ2n) is 4.58. The van der Waals surface area contributed by atoms with Gasteiger partial charge in [-0.15, -0.1) is 0 Å². The normalized spacial score (nSPS) is 10.5. The van der Waals surface area contributed by atoms with E-state index in [0.29, 0.717) is 29.5 Å². The van der Waals surface area contributed by atoms with Crippen molar-refractivity contribution in [3.63, 3.8) is 0 Å². The molecule has 0 aliphatic rings. The summed E-state index contributed by atoms with van der Waals surface area (Å²) in [5.41, 5.74) is 7.10. The number of nitrogens with two attached hydrogens (primary N) is 1. The zero-order chi connectivity index (χ0) is 15.2. The Balaban J connectivity index is 2.14. The van der Waals surface area contributed by atoms with E-state index < -0.39 is 0 Å². The van der Waals surface area contributed by atoms with E-state index in [1.807, 2.05) is 0 Å². The summed E-state index contributed by atoms with van der Waals surface area (Å²) in [6.45, 7) is 0.709. The molecule has 2 N–H and O–H groups in total. The molecule has 5 heteroatoms. The lowest BCUT2D eigenvalue weighted by Gasteiger charge is -2.11. The van der Waals surface area contributed by atoms with E-state index in [9.17, 15) is 4.39 Å². The second-order valence-corrected chi connectivity index (χ2v) is 5.02. The van der Waals surface area contributed by atoms with Gasteiger partial charge < -0.3 is 15.2 Å². The first-order valence-electron chi connectivity index (χ1n) is 6.57. The molecule has 21 heavy (non-hydrogen) atoms. The standard InChI is InChI=1S/C16H17ClFNO2/c1-20-16-3-2-13(17)8-12(16)10-21-15-7-11(4-5-19)6-14(18)9-15/h2-3,6-9H,4-5,10,19H2,1H3. The molecule has 0 radical (unpaired) electrons. The molecule has 2 aromatic carbocycles. The Morgan fingerprint density at radius 3 is 2.71 bits per heavy atom. The van der Waals surface area contributed by atoms with Gasteiger partial charge in [0.25, 0.3) is 0 Å². The predicted octanol–water partition coefficient (Wildman–Crippen LogP) is 3.57. The SMILES string of the molecule is COc1ccc(Cl)cc1COc1cc(F)cc(CCN)c1. The maximum Gasteiger partial charge on any atom is 0.127 e. The zero-order valence-electron chi connectivity index (χ0n) is 11.7. The minimum absolute atomic E-state index is 0.245. The molecule has 0 aliphatic carbocycles. The van der Waals surface area contributed by atoms with E-state index in [-0.39, 0.29) is 12.4 Å². The maximum absolute atomic E-state index is 13.5. The van der Waals surface area contributed by atoms with Gasteiger partial charge >= 0.3 is 0 Å². The van der Waals surface area contributed by atoms with Gasteiger partial charge in [-0.25, -0.2) is 4.39 Å². The number of halogens is 2. The molecule has 0 heterocycles. The Labute approximate surface area is 128 Å². The van der Waals surface area contributed by atoms with Crippen molar-refractivity contribution >= 4 is 11.6 Å². The molecule has 0 saturated heterocycles. The summed E-state index contributed by atoms with van der Waals surface area (Å²) < 4.78 is 24.4. The summed E-state index contributed by atoms with van der Waals surface area (Å²) in [4.78, 5) is 0.